The molecule has 2 aromatic rings. The monoisotopic (exact) mass is 346 g/mol. The van der Waals surface area contributed by atoms with Crippen molar-refractivity contribution in [2.75, 3.05) is 13.6 Å². The second-order valence-corrected chi connectivity index (χ2v) is 7.08. The SMILES string of the molecule is CN1CC[C@@H](c2nc(-c3ccc(OC(F)F)cn3)no2)S1(=O)=O. The first-order chi connectivity index (χ1) is 10.9. The quantitative estimate of drug-likeness (QED) is 0.826. The number of rotatable bonds is 4. The van der Waals surface area contributed by atoms with Gasteiger partial charge in [0.05, 0.1) is 6.20 Å². The van der Waals surface area contributed by atoms with E-state index < -0.39 is 21.9 Å². The molecule has 0 aliphatic carbocycles. The highest BCUT2D eigenvalue weighted by Crippen LogP contribution is 2.34. The van der Waals surface area contributed by atoms with Crippen molar-refractivity contribution in [3.63, 3.8) is 0 Å². The minimum Gasteiger partial charge on any atom is -0.433 e. The van der Waals surface area contributed by atoms with E-state index in [4.69, 9.17) is 4.52 Å². The number of alkyl halides is 2. The summed E-state index contributed by atoms with van der Waals surface area (Å²) in [6.07, 6.45) is 1.45. The molecular weight excluding hydrogens is 334 g/mol. The van der Waals surface area contributed by atoms with Crippen molar-refractivity contribution in [3.8, 4) is 17.3 Å². The van der Waals surface area contributed by atoms with Crippen LogP contribution in [0.15, 0.2) is 22.9 Å². The van der Waals surface area contributed by atoms with Gasteiger partial charge in [-0.25, -0.2) is 17.7 Å². The molecule has 0 bridgehead atoms. The number of hydrogen-bond acceptors (Lipinski definition) is 7. The zero-order valence-corrected chi connectivity index (χ0v) is 12.7. The van der Waals surface area contributed by atoms with Gasteiger partial charge in [0.1, 0.15) is 11.4 Å². The Morgan fingerprint density at radius 1 is 1.43 bits per heavy atom. The lowest BCUT2D eigenvalue weighted by molar-refractivity contribution is -0.0500. The lowest BCUT2D eigenvalue weighted by atomic mass is 10.3. The van der Waals surface area contributed by atoms with Crippen LogP contribution in [0.4, 0.5) is 8.78 Å². The fraction of sp³-hybridized carbons (Fsp3) is 0.417. The van der Waals surface area contributed by atoms with E-state index in [2.05, 4.69) is 19.9 Å². The maximum atomic E-state index is 12.1. The summed E-state index contributed by atoms with van der Waals surface area (Å²) in [6.45, 7) is -2.56. The Morgan fingerprint density at radius 2 is 2.22 bits per heavy atom. The molecule has 1 saturated heterocycles. The van der Waals surface area contributed by atoms with Gasteiger partial charge in [-0.3, -0.25) is 0 Å². The maximum absolute atomic E-state index is 12.1. The molecule has 1 aliphatic rings. The third kappa shape index (κ3) is 3.01. The first kappa shape index (κ1) is 15.7. The molecule has 11 heteroatoms. The highest BCUT2D eigenvalue weighted by molar-refractivity contribution is 7.89. The van der Waals surface area contributed by atoms with Gasteiger partial charge in [0, 0.05) is 13.6 Å². The van der Waals surface area contributed by atoms with Gasteiger partial charge in [0.2, 0.25) is 21.7 Å². The number of ether oxygens (including phenoxy) is 1. The van der Waals surface area contributed by atoms with Crippen LogP contribution in [0.1, 0.15) is 17.6 Å². The highest BCUT2D eigenvalue weighted by atomic mass is 32.2. The van der Waals surface area contributed by atoms with E-state index in [0.717, 1.165) is 6.20 Å². The van der Waals surface area contributed by atoms with Crippen molar-refractivity contribution >= 4 is 10.0 Å². The molecule has 124 valence electrons. The molecule has 0 N–H and O–H groups in total. The van der Waals surface area contributed by atoms with E-state index in [1.807, 2.05) is 0 Å². The van der Waals surface area contributed by atoms with Crippen LogP contribution in [0.3, 0.4) is 0 Å². The highest BCUT2D eigenvalue weighted by Gasteiger charge is 2.41. The molecule has 1 fully saturated rings. The second kappa shape index (κ2) is 5.81. The van der Waals surface area contributed by atoms with Gasteiger partial charge in [0.25, 0.3) is 0 Å². The Bertz CT molecular complexity index is 794. The summed E-state index contributed by atoms with van der Waals surface area (Å²) in [5.74, 6) is -0.0418. The van der Waals surface area contributed by atoms with Crippen molar-refractivity contribution in [1.82, 2.24) is 19.4 Å². The van der Waals surface area contributed by atoms with E-state index in [9.17, 15) is 17.2 Å². The van der Waals surface area contributed by atoms with Crippen molar-refractivity contribution < 1.29 is 26.5 Å². The van der Waals surface area contributed by atoms with E-state index >= 15 is 0 Å². The van der Waals surface area contributed by atoms with Crippen LogP contribution in [-0.2, 0) is 10.0 Å². The third-order valence-corrected chi connectivity index (χ3v) is 5.62. The summed E-state index contributed by atoms with van der Waals surface area (Å²) in [4.78, 5) is 7.94. The van der Waals surface area contributed by atoms with Crippen molar-refractivity contribution in [2.45, 2.75) is 18.3 Å². The number of halogens is 2. The predicted octanol–water partition coefficient (Wildman–Crippen LogP) is 1.44. The number of nitrogens with zero attached hydrogens (tertiary/aromatic N) is 4. The number of aromatic nitrogens is 3. The lowest BCUT2D eigenvalue weighted by Gasteiger charge is -2.07. The molecule has 0 unspecified atom stereocenters. The zero-order valence-electron chi connectivity index (χ0n) is 11.9. The molecule has 0 aromatic carbocycles. The molecule has 3 rings (SSSR count). The van der Waals surface area contributed by atoms with Crippen LogP contribution in [0.5, 0.6) is 5.75 Å². The molecule has 3 heterocycles. The van der Waals surface area contributed by atoms with Gasteiger partial charge in [0.15, 0.2) is 5.25 Å². The third-order valence-electron chi connectivity index (χ3n) is 3.41. The molecule has 1 aliphatic heterocycles. The van der Waals surface area contributed by atoms with Gasteiger partial charge in [-0.2, -0.15) is 13.8 Å². The van der Waals surface area contributed by atoms with Gasteiger partial charge in [-0.1, -0.05) is 5.16 Å². The van der Waals surface area contributed by atoms with Crippen LogP contribution in [0.2, 0.25) is 0 Å². The standard InChI is InChI=1S/C12H12F2N4O4S/c1-18-5-4-9(23(18,19)20)11-16-10(17-22-11)8-3-2-7(6-15-8)21-12(13)14/h2-3,6,9,12H,4-5H2,1H3/t9-/m0/s1. The van der Waals surface area contributed by atoms with E-state index in [0.29, 0.717) is 13.0 Å². The van der Waals surface area contributed by atoms with E-state index in [1.165, 1.54) is 23.5 Å². The van der Waals surface area contributed by atoms with Crippen LogP contribution < -0.4 is 4.74 Å². The molecule has 8 nitrogen and oxygen atoms in total. The summed E-state index contributed by atoms with van der Waals surface area (Å²) in [5.41, 5.74) is 0.255. The van der Waals surface area contributed by atoms with Crippen LogP contribution in [0, 0.1) is 0 Å². The van der Waals surface area contributed by atoms with Gasteiger partial charge in [-0.15, -0.1) is 0 Å². The largest absolute Gasteiger partial charge is 0.433 e. The molecule has 0 radical (unpaired) electrons. The lowest BCUT2D eigenvalue weighted by Crippen LogP contribution is -2.22. The molecule has 0 spiro atoms. The minimum absolute atomic E-state index is 0.0148. The average Bonchev–Trinajstić information content (AvgIpc) is 3.05. The minimum atomic E-state index is -3.49. The summed E-state index contributed by atoms with van der Waals surface area (Å²) < 4.78 is 58.8. The van der Waals surface area contributed by atoms with Crippen molar-refractivity contribution in [2.24, 2.45) is 0 Å². The number of sulfonamides is 1. The summed E-state index contributed by atoms with van der Waals surface area (Å²) in [7, 11) is -2.01. The first-order valence-corrected chi connectivity index (χ1v) is 8.08. The number of pyridine rings is 1. The first-order valence-electron chi connectivity index (χ1n) is 6.58. The molecule has 2 aromatic heterocycles. The summed E-state index contributed by atoms with van der Waals surface area (Å²) >= 11 is 0. The zero-order chi connectivity index (χ0) is 16.6. The smallest absolute Gasteiger partial charge is 0.387 e. The van der Waals surface area contributed by atoms with Crippen LogP contribution >= 0.6 is 0 Å². The Morgan fingerprint density at radius 3 is 2.78 bits per heavy atom. The van der Waals surface area contributed by atoms with Gasteiger partial charge in [-0.05, 0) is 18.6 Å². The number of hydrogen-bond donors (Lipinski definition) is 0. The van der Waals surface area contributed by atoms with Crippen molar-refractivity contribution in [3.05, 3.63) is 24.2 Å². The normalized spacial score (nSPS) is 21.0. The van der Waals surface area contributed by atoms with Gasteiger partial charge >= 0.3 is 6.61 Å². The van der Waals surface area contributed by atoms with Gasteiger partial charge < -0.3 is 9.26 Å². The summed E-state index contributed by atoms with van der Waals surface area (Å²) in [6, 6.07) is 2.66. The van der Waals surface area contributed by atoms with Crippen LogP contribution in [0.25, 0.3) is 11.5 Å². The Balaban J connectivity index is 1.82. The summed E-state index contributed by atoms with van der Waals surface area (Å²) in [5, 5.41) is 2.81. The maximum Gasteiger partial charge on any atom is 0.387 e. The fourth-order valence-electron chi connectivity index (χ4n) is 2.20. The Labute approximate surface area is 130 Å². The topological polar surface area (TPSA) is 98.4 Å². The average molecular weight is 346 g/mol. The van der Waals surface area contributed by atoms with Crippen LogP contribution in [-0.4, -0.2) is 48.1 Å². The van der Waals surface area contributed by atoms with E-state index in [1.54, 1.807) is 0 Å². The van der Waals surface area contributed by atoms with E-state index in [-0.39, 0.29) is 23.2 Å². The molecule has 0 saturated carbocycles. The molecule has 0 amide bonds. The predicted molar refractivity (Wildman–Crippen MR) is 73.1 cm³/mol. The molecule has 23 heavy (non-hydrogen) atoms. The fourth-order valence-corrected chi connectivity index (χ4v) is 3.75. The van der Waals surface area contributed by atoms with Crippen molar-refractivity contribution in [1.29, 1.82) is 0 Å². The molecular formula is C12H12F2N4O4S. The second-order valence-electron chi connectivity index (χ2n) is 4.86. The Kier molecular flexibility index (Phi) is 3.98. The molecule has 1 atom stereocenters. The Hall–Kier alpha value is -2.14.